The molecule has 1 N–H and O–H groups in total. The summed E-state index contributed by atoms with van der Waals surface area (Å²) in [6.45, 7) is 5.30. The van der Waals surface area contributed by atoms with Crippen LogP contribution in [0.15, 0.2) is 18.2 Å². The molecule has 1 aliphatic carbocycles. The molecule has 1 saturated carbocycles. The molecule has 0 aromatic heterocycles. The largest absolute Gasteiger partial charge is 0.493 e. The second-order valence-corrected chi connectivity index (χ2v) is 6.45. The van der Waals surface area contributed by atoms with Crippen LogP contribution in [0.4, 0.5) is 0 Å². The van der Waals surface area contributed by atoms with Gasteiger partial charge >= 0.3 is 0 Å². The van der Waals surface area contributed by atoms with Gasteiger partial charge in [-0.2, -0.15) is 0 Å². The Morgan fingerprint density at radius 3 is 2.94 bits per heavy atom. The highest BCUT2D eigenvalue weighted by Gasteiger charge is 2.49. The molecule has 1 aromatic carbocycles. The van der Waals surface area contributed by atoms with Crippen molar-refractivity contribution >= 4 is 0 Å². The van der Waals surface area contributed by atoms with Crippen LogP contribution in [0.5, 0.6) is 5.75 Å². The summed E-state index contributed by atoms with van der Waals surface area (Å²) in [6.07, 6.45) is 3.92. The van der Waals surface area contributed by atoms with Crippen LogP contribution in [0, 0.1) is 11.3 Å². The zero-order chi connectivity index (χ0) is 12.8. The molecule has 0 amide bonds. The Kier molecular flexibility index (Phi) is 2.86. The van der Waals surface area contributed by atoms with Crippen LogP contribution in [-0.2, 0) is 12.8 Å². The van der Waals surface area contributed by atoms with Gasteiger partial charge in [-0.05, 0) is 47.8 Å². The molecule has 2 nitrogen and oxygen atoms in total. The summed E-state index contributed by atoms with van der Waals surface area (Å²) in [6, 6.07) is 6.45. The number of fused-ring (bicyclic) bond motifs is 1. The van der Waals surface area contributed by atoms with Gasteiger partial charge in [0.25, 0.3) is 0 Å². The molecule has 1 aromatic rings. The first-order chi connectivity index (χ1) is 8.56. The number of benzene rings is 1. The van der Waals surface area contributed by atoms with Gasteiger partial charge in [0.1, 0.15) is 5.75 Å². The fourth-order valence-corrected chi connectivity index (χ4v) is 3.08. The fraction of sp³-hybridized carbons (Fsp3) is 0.625. The van der Waals surface area contributed by atoms with Crippen molar-refractivity contribution in [1.29, 1.82) is 0 Å². The zero-order valence-corrected chi connectivity index (χ0v) is 11.3. The van der Waals surface area contributed by atoms with Crippen molar-refractivity contribution in [3.8, 4) is 5.75 Å². The van der Waals surface area contributed by atoms with E-state index in [4.69, 9.17) is 4.74 Å². The van der Waals surface area contributed by atoms with Crippen LogP contribution < -0.4 is 4.74 Å². The van der Waals surface area contributed by atoms with Gasteiger partial charge in [0, 0.05) is 6.42 Å². The average molecular weight is 246 g/mol. The van der Waals surface area contributed by atoms with Crippen molar-refractivity contribution in [2.75, 3.05) is 6.61 Å². The molecular weight excluding hydrogens is 224 g/mol. The molecule has 0 bridgehead atoms. The van der Waals surface area contributed by atoms with Crippen LogP contribution in [0.3, 0.4) is 0 Å². The van der Waals surface area contributed by atoms with E-state index >= 15 is 0 Å². The quantitative estimate of drug-likeness (QED) is 0.885. The van der Waals surface area contributed by atoms with E-state index in [0.717, 1.165) is 31.6 Å². The SMILES string of the molecule is CC1(C)CC1C(O)CCc1ccc2c(c1)CCO2. The molecule has 1 aliphatic heterocycles. The third-order valence-corrected chi connectivity index (χ3v) is 4.54. The number of aryl methyl sites for hydroxylation is 1. The smallest absolute Gasteiger partial charge is 0.122 e. The molecule has 98 valence electrons. The lowest BCUT2D eigenvalue weighted by atomic mass is 9.98. The molecule has 2 atom stereocenters. The van der Waals surface area contributed by atoms with Crippen LogP contribution >= 0.6 is 0 Å². The Morgan fingerprint density at radius 1 is 1.44 bits per heavy atom. The summed E-state index contributed by atoms with van der Waals surface area (Å²) < 4.78 is 5.51. The van der Waals surface area contributed by atoms with Crippen LogP contribution in [0.25, 0.3) is 0 Å². The molecule has 3 rings (SSSR count). The van der Waals surface area contributed by atoms with Crippen LogP contribution in [0.1, 0.15) is 37.8 Å². The Balaban J connectivity index is 1.57. The van der Waals surface area contributed by atoms with Gasteiger partial charge in [0.05, 0.1) is 12.7 Å². The van der Waals surface area contributed by atoms with Crippen molar-refractivity contribution in [3.05, 3.63) is 29.3 Å². The Morgan fingerprint density at radius 2 is 2.22 bits per heavy atom. The van der Waals surface area contributed by atoms with E-state index in [1.807, 2.05) is 0 Å². The maximum absolute atomic E-state index is 10.2. The third kappa shape index (κ3) is 2.26. The van der Waals surface area contributed by atoms with E-state index in [2.05, 4.69) is 32.0 Å². The molecule has 18 heavy (non-hydrogen) atoms. The molecule has 1 heterocycles. The molecule has 2 heteroatoms. The van der Waals surface area contributed by atoms with E-state index in [9.17, 15) is 5.11 Å². The lowest BCUT2D eigenvalue weighted by Gasteiger charge is -2.12. The normalized spacial score (nSPS) is 25.4. The summed E-state index contributed by atoms with van der Waals surface area (Å²) in [5, 5.41) is 10.2. The second-order valence-electron chi connectivity index (χ2n) is 6.45. The van der Waals surface area contributed by atoms with Crippen molar-refractivity contribution in [2.45, 2.75) is 45.6 Å². The summed E-state index contributed by atoms with van der Waals surface area (Å²) in [7, 11) is 0. The van der Waals surface area contributed by atoms with E-state index in [-0.39, 0.29) is 6.10 Å². The van der Waals surface area contributed by atoms with Crippen molar-refractivity contribution in [1.82, 2.24) is 0 Å². The average Bonchev–Trinajstić information content (AvgIpc) is 2.77. The Labute approximate surface area is 109 Å². The number of aliphatic hydroxyl groups is 1. The number of hydrogen-bond donors (Lipinski definition) is 1. The van der Waals surface area contributed by atoms with E-state index in [1.54, 1.807) is 0 Å². The molecule has 0 spiro atoms. The first-order valence-electron chi connectivity index (χ1n) is 6.99. The monoisotopic (exact) mass is 246 g/mol. The Bertz CT molecular complexity index is 450. The number of aliphatic hydroxyl groups excluding tert-OH is 1. The maximum atomic E-state index is 10.2. The number of rotatable bonds is 4. The summed E-state index contributed by atoms with van der Waals surface area (Å²) >= 11 is 0. The predicted molar refractivity (Wildman–Crippen MR) is 71.9 cm³/mol. The maximum Gasteiger partial charge on any atom is 0.122 e. The van der Waals surface area contributed by atoms with Gasteiger partial charge in [0.15, 0.2) is 0 Å². The minimum absolute atomic E-state index is 0.135. The highest BCUT2D eigenvalue weighted by molar-refractivity contribution is 5.39. The van der Waals surface area contributed by atoms with Gasteiger partial charge in [-0.1, -0.05) is 26.0 Å². The van der Waals surface area contributed by atoms with E-state index in [1.165, 1.54) is 17.5 Å². The van der Waals surface area contributed by atoms with Crippen molar-refractivity contribution < 1.29 is 9.84 Å². The lowest BCUT2D eigenvalue weighted by Crippen LogP contribution is -2.14. The molecule has 2 aliphatic rings. The van der Waals surface area contributed by atoms with Crippen LogP contribution in [-0.4, -0.2) is 17.8 Å². The summed E-state index contributed by atoms with van der Waals surface area (Å²) in [4.78, 5) is 0. The van der Waals surface area contributed by atoms with Crippen molar-refractivity contribution in [2.24, 2.45) is 11.3 Å². The van der Waals surface area contributed by atoms with Gasteiger partial charge in [-0.15, -0.1) is 0 Å². The van der Waals surface area contributed by atoms with Gasteiger partial charge < -0.3 is 9.84 Å². The van der Waals surface area contributed by atoms with E-state index < -0.39 is 0 Å². The van der Waals surface area contributed by atoms with Crippen molar-refractivity contribution in [3.63, 3.8) is 0 Å². The van der Waals surface area contributed by atoms with E-state index in [0.29, 0.717) is 11.3 Å². The Hall–Kier alpha value is -1.02. The highest BCUT2D eigenvalue weighted by atomic mass is 16.5. The van der Waals surface area contributed by atoms with Crippen LogP contribution in [0.2, 0.25) is 0 Å². The minimum atomic E-state index is -0.135. The first kappa shape index (κ1) is 12.0. The predicted octanol–water partition coefficient (Wildman–Crippen LogP) is 2.96. The van der Waals surface area contributed by atoms with Gasteiger partial charge in [-0.25, -0.2) is 0 Å². The molecular formula is C16H22O2. The molecule has 0 radical (unpaired) electrons. The lowest BCUT2D eigenvalue weighted by molar-refractivity contribution is 0.127. The second kappa shape index (κ2) is 4.27. The molecule has 0 saturated heterocycles. The highest BCUT2D eigenvalue weighted by Crippen LogP contribution is 2.54. The van der Waals surface area contributed by atoms with Gasteiger partial charge in [0.2, 0.25) is 0 Å². The first-order valence-corrected chi connectivity index (χ1v) is 6.99. The zero-order valence-electron chi connectivity index (χ0n) is 11.3. The molecule has 2 unspecified atom stereocenters. The topological polar surface area (TPSA) is 29.5 Å². The van der Waals surface area contributed by atoms with Gasteiger partial charge in [-0.3, -0.25) is 0 Å². The summed E-state index contributed by atoms with van der Waals surface area (Å²) in [5.41, 5.74) is 3.02. The number of hydrogen-bond acceptors (Lipinski definition) is 2. The third-order valence-electron chi connectivity index (χ3n) is 4.54. The molecule has 1 fully saturated rings. The number of ether oxygens (including phenoxy) is 1. The summed E-state index contributed by atoms with van der Waals surface area (Å²) in [5.74, 6) is 1.55. The standard InChI is InChI=1S/C16H22O2/c1-16(2)10-13(16)14(17)5-3-11-4-6-15-12(9-11)7-8-18-15/h4,6,9,13-14,17H,3,5,7-8,10H2,1-2H3. The fourth-order valence-electron chi connectivity index (χ4n) is 3.08. The minimum Gasteiger partial charge on any atom is -0.493 e.